The number of aliphatic hydroxyl groups excluding tert-OH is 1. The third-order valence-corrected chi connectivity index (χ3v) is 17.0. The fourth-order valence-electron chi connectivity index (χ4n) is 4.02. The molecule has 198 valence electrons. The number of hydrogen-bond acceptors (Lipinski definition) is 7. The van der Waals surface area contributed by atoms with Crippen LogP contribution in [-0.4, -0.2) is 69.5 Å². The van der Waals surface area contributed by atoms with Crippen LogP contribution in [0.1, 0.15) is 25.7 Å². The zero-order valence-electron chi connectivity index (χ0n) is 22.7. The fraction of sp³-hybridized carbons (Fsp3) is 0.818. The van der Waals surface area contributed by atoms with E-state index in [1.54, 1.807) is 0 Å². The SMILES string of the molecule is C=CC(=O)NCC(=O)OC1CC(CC[Si](O[Si](C)(C)C)(O[Si](C)(C)C)O[Si](C)(C)C)CCC1O. The topological polar surface area (TPSA) is 103 Å². The van der Waals surface area contributed by atoms with Gasteiger partial charge in [0.25, 0.3) is 0 Å². The minimum atomic E-state index is -2.93. The van der Waals surface area contributed by atoms with Gasteiger partial charge in [0.2, 0.25) is 5.91 Å². The van der Waals surface area contributed by atoms with E-state index in [-0.39, 0.29) is 12.5 Å². The largest absolute Gasteiger partial charge is 0.469 e. The average molecular weight is 550 g/mol. The quantitative estimate of drug-likeness (QED) is 0.201. The van der Waals surface area contributed by atoms with Crippen LogP contribution >= 0.6 is 0 Å². The molecule has 12 heteroatoms. The zero-order valence-corrected chi connectivity index (χ0v) is 26.7. The van der Waals surface area contributed by atoms with Crippen LogP contribution in [-0.2, 0) is 26.7 Å². The third kappa shape index (κ3) is 12.9. The first-order valence-electron chi connectivity index (χ1n) is 12.2. The van der Waals surface area contributed by atoms with Crippen LogP contribution in [0.4, 0.5) is 0 Å². The Bertz CT molecular complexity index is 660. The zero-order chi connectivity index (χ0) is 26.4. The van der Waals surface area contributed by atoms with Gasteiger partial charge in [-0.05, 0) is 96.6 Å². The molecule has 1 fully saturated rings. The summed E-state index contributed by atoms with van der Waals surface area (Å²) in [5.74, 6) is -0.737. The van der Waals surface area contributed by atoms with Gasteiger partial charge < -0.3 is 27.5 Å². The van der Waals surface area contributed by atoms with E-state index in [0.717, 1.165) is 25.0 Å². The van der Waals surface area contributed by atoms with Gasteiger partial charge in [-0.1, -0.05) is 6.58 Å². The van der Waals surface area contributed by atoms with E-state index in [9.17, 15) is 14.7 Å². The van der Waals surface area contributed by atoms with E-state index in [4.69, 9.17) is 17.1 Å². The van der Waals surface area contributed by atoms with Crippen molar-refractivity contribution < 1.29 is 31.8 Å². The molecule has 0 aromatic heterocycles. The number of rotatable bonds is 13. The number of aliphatic hydroxyl groups is 1. The summed E-state index contributed by atoms with van der Waals surface area (Å²) in [4.78, 5) is 23.4. The monoisotopic (exact) mass is 549 g/mol. The summed E-state index contributed by atoms with van der Waals surface area (Å²) in [5, 5.41) is 12.8. The Labute approximate surface area is 210 Å². The summed E-state index contributed by atoms with van der Waals surface area (Å²) in [5.41, 5.74) is 0. The minimum absolute atomic E-state index is 0.243. The van der Waals surface area contributed by atoms with Gasteiger partial charge in [0.05, 0.1) is 6.10 Å². The molecule has 3 atom stereocenters. The van der Waals surface area contributed by atoms with Gasteiger partial charge in [0.15, 0.2) is 25.0 Å². The molecule has 0 bridgehead atoms. The van der Waals surface area contributed by atoms with Gasteiger partial charge in [-0.3, -0.25) is 9.59 Å². The standard InChI is InChI=1S/C22H47NO7Si4/c1-11-21(25)23-17-22(26)27-20-16-18(12-13-19(20)24)14-15-34(28-31(2,3)4,29-32(5,6)7)30-33(8,9)10/h11,18-20,24H,1,12-17H2,2-10H3,(H,23,25). The molecule has 2 N–H and O–H groups in total. The van der Waals surface area contributed by atoms with Gasteiger partial charge in [0.1, 0.15) is 12.6 Å². The molecule has 1 aliphatic rings. The Morgan fingerprint density at radius 1 is 0.941 bits per heavy atom. The van der Waals surface area contributed by atoms with E-state index in [0.29, 0.717) is 12.8 Å². The Morgan fingerprint density at radius 3 is 1.88 bits per heavy atom. The fourth-order valence-corrected chi connectivity index (χ4v) is 18.8. The third-order valence-electron chi connectivity index (χ3n) is 4.98. The summed E-state index contributed by atoms with van der Waals surface area (Å²) < 4.78 is 25.8. The first kappa shape index (κ1) is 31.4. The van der Waals surface area contributed by atoms with Crippen molar-refractivity contribution in [2.45, 2.75) is 103 Å². The predicted molar refractivity (Wildman–Crippen MR) is 145 cm³/mol. The molecule has 0 saturated heterocycles. The second-order valence-corrected chi connectivity index (χ2v) is 29.1. The normalized spacial score (nSPS) is 22.2. The molecule has 1 aliphatic carbocycles. The van der Waals surface area contributed by atoms with Crippen LogP contribution in [0.2, 0.25) is 65.0 Å². The van der Waals surface area contributed by atoms with Crippen molar-refractivity contribution in [2.24, 2.45) is 5.92 Å². The number of carbonyl (C=O) groups is 2. The maximum Gasteiger partial charge on any atom is 0.469 e. The summed E-state index contributed by atoms with van der Waals surface area (Å²) >= 11 is 0. The number of hydrogen-bond donors (Lipinski definition) is 2. The molecule has 0 radical (unpaired) electrons. The molecule has 0 aromatic carbocycles. The number of esters is 1. The number of carbonyl (C=O) groups excluding carboxylic acids is 2. The molecule has 8 nitrogen and oxygen atoms in total. The highest BCUT2D eigenvalue weighted by molar-refractivity contribution is 6.90. The lowest BCUT2D eigenvalue weighted by atomic mass is 9.84. The highest BCUT2D eigenvalue weighted by Gasteiger charge is 2.50. The number of nitrogens with one attached hydrogen (secondary N) is 1. The Kier molecular flexibility index (Phi) is 11.6. The molecular weight excluding hydrogens is 503 g/mol. The molecule has 1 amide bonds. The smallest absolute Gasteiger partial charge is 0.458 e. The first-order valence-corrected chi connectivity index (χ1v) is 24.4. The summed E-state index contributed by atoms with van der Waals surface area (Å²) in [7, 11) is -8.75. The van der Waals surface area contributed by atoms with Gasteiger partial charge in [-0.15, -0.1) is 0 Å². The van der Waals surface area contributed by atoms with Crippen LogP contribution < -0.4 is 5.32 Å². The van der Waals surface area contributed by atoms with E-state index in [2.05, 4.69) is 70.8 Å². The summed E-state index contributed by atoms with van der Waals surface area (Å²) in [6.07, 6.45) is 2.62. The lowest BCUT2D eigenvalue weighted by molar-refractivity contribution is -0.158. The lowest BCUT2D eigenvalue weighted by Crippen LogP contribution is -2.60. The summed E-state index contributed by atoms with van der Waals surface area (Å²) in [6, 6.07) is 0.725. The van der Waals surface area contributed by atoms with Crippen molar-refractivity contribution >= 4 is 45.6 Å². The second kappa shape index (κ2) is 12.6. The molecule has 0 spiro atoms. The molecule has 3 unspecified atom stereocenters. The molecule has 1 rings (SSSR count). The van der Waals surface area contributed by atoms with E-state index in [1.165, 1.54) is 0 Å². The Hall–Kier alpha value is -0.612. The highest BCUT2D eigenvalue weighted by atomic mass is 28.5. The molecule has 34 heavy (non-hydrogen) atoms. The van der Waals surface area contributed by atoms with E-state index < -0.39 is 57.8 Å². The van der Waals surface area contributed by atoms with Crippen molar-refractivity contribution in [1.82, 2.24) is 5.32 Å². The number of amides is 1. The van der Waals surface area contributed by atoms with Crippen molar-refractivity contribution in [2.75, 3.05) is 6.54 Å². The van der Waals surface area contributed by atoms with Crippen molar-refractivity contribution in [3.8, 4) is 0 Å². The molecular formula is C22H47NO7Si4. The van der Waals surface area contributed by atoms with Crippen LogP contribution in [0, 0.1) is 5.92 Å². The maximum absolute atomic E-state index is 12.1. The van der Waals surface area contributed by atoms with Crippen LogP contribution in [0.15, 0.2) is 12.7 Å². The van der Waals surface area contributed by atoms with Crippen LogP contribution in [0.25, 0.3) is 0 Å². The average Bonchev–Trinajstić information content (AvgIpc) is 2.62. The number of ether oxygens (including phenoxy) is 1. The lowest BCUT2D eigenvalue weighted by Gasteiger charge is -2.43. The van der Waals surface area contributed by atoms with E-state index >= 15 is 0 Å². The Balaban J connectivity index is 2.93. The van der Waals surface area contributed by atoms with Crippen molar-refractivity contribution in [3.63, 3.8) is 0 Å². The van der Waals surface area contributed by atoms with Gasteiger partial charge in [-0.2, -0.15) is 0 Å². The second-order valence-electron chi connectivity index (χ2n) is 12.1. The molecule has 0 aliphatic heterocycles. The molecule has 0 heterocycles. The van der Waals surface area contributed by atoms with Gasteiger partial charge >= 0.3 is 14.8 Å². The summed E-state index contributed by atoms with van der Waals surface area (Å²) in [6.45, 7) is 22.7. The van der Waals surface area contributed by atoms with Gasteiger partial charge in [-0.25, -0.2) is 0 Å². The van der Waals surface area contributed by atoms with Gasteiger partial charge in [0, 0.05) is 6.04 Å². The van der Waals surface area contributed by atoms with Crippen molar-refractivity contribution in [3.05, 3.63) is 12.7 Å². The van der Waals surface area contributed by atoms with Crippen LogP contribution in [0.5, 0.6) is 0 Å². The molecule has 0 aromatic rings. The predicted octanol–water partition coefficient (Wildman–Crippen LogP) is 4.24. The van der Waals surface area contributed by atoms with Crippen molar-refractivity contribution in [1.29, 1.82) is 0 Å². The molecule has 1 saturated carbocycles. The van der Waals surface area contributed by atoms with Crippen LogP contribution in [0.3, 0.4) is 0 Å². The maximum atomic E-state index is 12.1. The van der Waals surface area contributed by atoms with E-state index in [1.807, 2.05) is 0 Å². The Morgan fingerprint density at radius 2 is 1.44 bits per heavy atom. The minimum Gasteiger partial charge on any atom is -0.458 e. The highest BCUT2D eigenvalue weighted by Crippen LogP contribution is 2.36. The first-order chi connectivity index (χ1) is 15.3.